The highest BCUT2D eigenvalue weighted by atomic mass is 16.7. The predicted molar refractivity (Wildman–Crippen MR) is 79.9 cm³/mol. The first-order valence-electron chi connectivity index (χ1n) is 6.97. The van der Waals surface area contributed by atoms with Gasteiger partial charge in [-0.15, -0.1) is 0 Å². The number of nitrogens with one attached hydrogen (secondary N) is 1. The topological polar surface area (TPSA) is 52.6 Å². The highest BCUT2D eigenvalue weighted by Crippen LogP contribution is 2.35. The van der Waals surface area contributed by atoms with Gasteiger partial charge in [0.1, 0.15) is 0 Å². The van der Waals surface area contributed by atoms with Crippen LogP contribution in [-0.4, -0.2) is 17.9 Å². The zero-order valence-electron chi connectivity index (χ0n) is 12.1. The van der Waals surface area contributed by atoms with E-state index in [0.717, 1.165) is 28.6 Å². The quantitative estimate of drug-likeness (QED) is 0.914. The zero-order chi connectivity index (χ0) is 14.7. The highest BCUT2D eigenvalue weighted by molar-refractivity contribution is 5.53. The van der Waals surface area contributed by atoms with Crippen LogP contribution in [0.2, 0.25) is 0 Å². The molecule has 3 rings (SSSR count). The van der Waals surface area contributed by atoms with Crippen molar-refractivity contribution >= 4 is 5.82 Å². The average molecular weight is 286 g/mol. The predicted octanol–water partition coefficient (Wildman–Crippen LogP) is 3.21. The average Bonchev–Trinajstić information content (AvgIpc) is 2.95. The van der Waals surface area contributed by atoms with Crippen LogP contribution in [0.25, 0.3) is 0 Å². The Morgan fingerprint density at radius 3 is 3.00 bits per heavy atom. The van der Waals surface area contributed by atoms with Crippen molar-refractivity contribution in [2.75, 3.05) is 12.1 Å². The first-order valence-corrected chi connectivity index (χ1v) is 6.97. The van der Waals surface area contributed by atoms with E-state index in [1.165, 1.54) is 0 Å². The minimum absolute atomic E-state index is 0.104. The largest absolute Gasteiger partial charge is 0.487 e. The van der Waals surface area contributed by atoms with E-state index in [0.29, 0.717) is 6.54 Å². The van der Waals surface area contributed by atoms with Crippen LogP contribution in [0, 0.1) is 0 Å². The molecule has 1 aliphatic heterocycles. The molecule has 1 N–H and O–H groups in total. The molecular weight excluding hydrogens is 268 g/mol. The minimum Gasteiger partial charge on any atom is -0.487 e. The number of hydrogen-bond donors (Lipinski definition) is 1. The van der Waals surface area contributed by atoms with Gasteiger partial charge in [0.2, 0.25) is 6.79 Å². The lowest BCUT2D eigenvalue weighted by atomic mass is 10.2. The van der Waals surface area contributed by atoms with E-state index < -0.39 is 0 Å². The molecule has 110 valence electrons. The van der Waals surface area contributed by atoms with Crippen molar-refractivity contribution < 1.29 is 14.2 Å². The maximum Gasteiger partial charge on any atom is 0.231 e. The second kappa shape index (κ2) is 5.91. The van der Waals surface area contributed by atoms with E-state index in [4.69, 9.17) is 14.2 Å². The van der Waals surface area contributed by atoms with E-state index in [1.807, 2.05) is 44.2 Å². The summed E-state index contributed by atoms with van der Waals surface area (Å²) >= 11 is 0. The van der Waals surface area contributed by atoms with Crippen LogP contribution in [0.4, 0.5) is 5.82 Å². The molecule has 0 amide bonds. The third kappa shape index (κ3) is 3.02. The Bertz CT molecular complexity index is 629. The van der Waals surface area contributed by atoms with Gasteiger partial charge in [-0.2, -0.15) is 0 Å². The van der Waals surface area contributed by atoms with E-state index in [-0.39, 0.29) is 12.9 Å². The molecule has 0 aliphatic carbocycles. The minimum atomic E-state index is 0.104. The van der Waals surface area contributed by atoms with E-state index in [9.17, 15) is 0 Å². The fourth-order valence-corrected chi connectivity index (χ4v) is 2.18. The van der Waals surface area contributed by atoms with Crippen molar-refractivity contribution in [1.29, 1.82) is 0 Å². The normalized spacial score (nSPS) is 12.5. The van der Waals surface area contributed by atoms with Gasteiger partial charge in [-0.1, -0.05) is 12.1 Å². The Kier molecular flexibility index (Phi) is 3.81. The summed E-state index contributed by atoms with van der Waals surface area (Å²) in [5.74, 6) is 3.06. The Hall–Kier alpha value is -2.43. The van der Waals surface area contributed by atoms with Gasteiger partial charge in [-0.25, -0.2) is 4.98 Å². The standard InChI is InChI=1S/C16H18N2O3/c1-11(2)21-14-7-4-8-17-16(14)18-9-12-5-3-6-13-15(12)20-10-19-13/h3-8,11H,9-10H2,1-2H3,(H,17,18). The van der Waals surface area contributed by atoms with Crippen molar-refractivity contribution in [3.05, 3.63) is 42.1 Å². The molecule has 0 unspecified atom stereocenters. The lowest BCUT2D eigenvalue weighted by Gasteiger charge is -2.14. The molecule has 1 aliphatic rings. The Morgan fingerprint density at radius 1 is 1.24 bits per heavy atom. The first kappa shape index (κ1) is 13.5. The SMILES string of the molecule is CC(C)Oc1cccnc1NCc1cccc2c1OCO2. The van der Waals surface area contributed by atoms with Crippen LogP contribution < -0.4 is 19.5 Å². The van der Waals surface area contributed by atoms with Crippen molar-refractivity contribution in [2.24, 2.45) is 0 Å². The Labute approximate surface area is 123 Å². The molecule has 5 nitrogen and oxygen atoms in total. The summed E-state index contributed by atoms with van der Waals surface area (Å²) in [5.41, 5.74) is 1.03. The number of benzene rings is 1. The van der Waals surface area contributed by atoms with E-state index in [2.05, 4.69) is 10.3 Å². The second-order valence-electron chi connectivity index (χ2n) is 5.02. The fourth-order valence-electron chi connectivity index (χ4n) is 2.18. The van der Waals surface area contributed by atoms with Crippen LogP contribution in [0.15, 0.2) is 36.5 Å². The third-order valence-corrected chi connectivity index (χ3v) is 3.06. The monoisotopic (exact) mass is 286 g/mol. The molecule has 0 bridgehead atoms. The third-order valence-electron chi connectivity index (χ3n) is 3.06. The van der Waals surface area contributed by atoms with Gasteiger partial charge >= 0.3 is 0 Å². The summed E-state index contributed by atoms with van der Waals surface area (Å²) in [6.07, 6.45) is 1.84. The van der Waals surface area contributed by atoms with Crippen molar-refractivity contribution in [1.82, 2.24) is 4.98 Å². The van der Waals surface area contributed by atoms with Gasteiger partial charge in [-0.3, -0.25) is 0 Å². The molecule has 21 heavy (non-hydrogen) atoms. The van der Waals surface area contributed by atoms with Crippen molar-refractivity contribution in [3.63, 3.8) is 0 Å². The van der Waals surface area contributed by atoms with Crippen LogP contribution in [-0.2, 0) is 6.54 Å². The highest BCUT2D eigenvalue weighted by Gasteiger charge is 2.17. The number of nitrogens with zero attached hydrogens (tertiary/aromatic N) is 1. The number of anilines is 1. The van der Waals surface area contributed by atoms with Crippen molar-refractivity contribution in [3.8, 4) is 17.2 Å². The summed E-state index contributed by atoms with van der Waals surface area (Å²) in [4.78, 5) is 4.33. The fraction of sp³-hybridized carbons (Fsp3) is 0.312. The summed E-state index contributed by atoms with van der Waals surface area (Å²) in [6, 6.07) is 9.63. The van der Waals surface area contributed by atoms with Gasteiger partial charge in [0.15, 0.2) is 23.1 Å². The number of aromatic nitrogens is 1. The molecule has 2 aromatic rings. The lowest BCUT2D eigenvalue weighted by molar-refractivity contribution is 0.173. The van der Waals surface area contributed by atoms with E-state index >= 15 is 0 Å². The smallest absolute Gasteiger partial charge is 0.231 e. The van der Waals surface area contributed by atoms with Gasteiger partial charge in [-0.05, 0) is 32.0 Å². The number of ether oxygens (including phenoxy) is 3. The summed E-state index contributed by atoms with van der Waals surface area (Å²) < 4.78 is 16.6. The van der Waals surface area contributed by atoms with Gasteiger partial charge in [0, 0.05) is 18.3 Å². The maximum atomic E-state index is 5.75. The van der Waals surface area contributed by atoms with Crippen LogP contribution in [0.3, 0.4) is 0 Å². The number of para-hydroxylation sites is 1. The second-order valence-corrected chi connectivity index (χ2v) is 5.02. The number of fused-ring (bicyclic) bond motifs is 1. The summed E-state index contributed by atoms with van der Waals surface area (Å²) in [6.45, 7) is 4.85. The van der Waals surface area contributed by atoms with Crippen LogP contribution >= 0.6 is 0 Å². The number of rotatable bonds is 5. The number of hydrogen-bond acceptors (Lipinski definition) is 5. The molecule has 2 heterocycles. The zero-order valence-corrected chi connectivity index (χ0v) is 12.1. The summed E-state index contributed by atoms with van der Waals surface area (Å²) in [7, 11) is 0. The molecule has 0 saturated carbocycles. The lowest BCUT2D eigenvalue weighted by Crippen LogP contribution is -2.10. The van der Waals surface area contributed by atoms with Crippen LogP contribution in [0.1, 0.15) is 19.4 Å². The molecule has 5 heteroatoms. The molecule has 0 fully saturated rings. The molecule has 0 radical (unpaired) electrons. The van der Waals surface area contributed by atoms with Crippen LogP contribution in [0.5, 0.6) is 17.2 Å². The summed E-state index contributed by atoms with van der Waals surface area (Å²) in [5, 5.41) is 3.29. The molecule has 0 spiro atoms. The molecule has 0 atom stereocenters. The van der Waals surface area contributed by atoms with Gasteiger partial charge < -0.3 is 19.5 Å². The molecule has 1 aromatic heterocycles. The Morgan fingerprint density at radius 2 is 2.14 bits per heavy atom. The Balaban J connectivity index is 1.75. The van der Waals surface area contributed by atoms with Gasteiger partial charge in [0.25, 0.3) is 0 Å². The maximum absolute atomic E-state index is 5.75. The molecule has 0 saturated heterocycles. The number of pyridine rings is 1. The van der Waals surface area contributed by atoms with E-state index in [1.54, 1.807) is 6.20 Å². The first-order chi connectivity index (χ1) is 10.2. The molecule has 1 aromatic carbocycles. The molecular formula is C16H18N2O3. The van der Waals surface area contributed by atoms with Gasteiger partial charge in [0.05, 0.1) is 6.10 Å². The van der Waals surface area contributed by atoms with Crippen molar-refractivity contribution in [2.45, 2.75) is 26.5 Å².